The number of hydrogen-bond donors (Lipinski definition) is 0. The summed E-state index contributed by atoms with van der Waals surface area (Å²) in [5, 5.41) is 0. The van der Waals surface area contributed by atoms with Gasteiger partial charge in [-0.2, -0.15) is 0 Å². The molecule has 2 aromatic rings. The Morgan fingerprint density at radius 3 is 2.79 bits per heavy atom. The van der Waals surface area contributed by atoms with E-state index < -0.39 is 0 Å². The monoisotopic (exact) mass is 324 g/mol. The van der Waals surface area contributed by atoms with Crippen molar-refractivity contribution in [3.63, 3.8) is 0 Å². The molecule has 1 aliphatic heterocycles. The minimum atomic E-state index is -0.387. The Morgan fingerprint density at radius 1 is 1.21 bits per heavy atom. The molecule has 0 radical (unpaired) electrons. The number of halogens is 1. The number of fused-ring (bicyclic) bond motifs is 1. The van der Waals surface area contributed by atoms with Gasteiger partial charge in [0.25, 0.3) is 0 Å². The van der Waals surface area contributed by atoms with Crippen molar-refractivity contribution in [3.05, 3.63) is 65.2 Å². The fourth-order valence-corrected chi connectivity index (χ4v) is 2.50. The minimum absolute atomic E-state index is 0.00996. The average molecular weight is 324 g/mol. The Kier molecular flexibility index (Phi) is 3.41. The third-order valence-electron chi connectivity index (χ3n) is 3.92. The van der Waals surface area contributed by atoms with E-state index in [9.17, 15) is 14.0 Å². The van der Waals surface area contributed by atoms with Gasteiger partial charge in [-0.25, -0.2) is 4.39 Å². The average Bonchev–Trinajstić information content (AvgIpc) is 3.35. The molecule has 0 unspecified atom stereocenters. The van der Waals surface area contributed by atoms with E-state index in [0.29, 0.717) is 22.6 Å². The van der Waals surface area contributed by atoms with Crippen LogP contribution < -0.4 is 9.47 Å². The number of ketones is 1. The second kappa shape index (κ2) is 5.60. The smallest absolute Gasteiger partial charge is 0.314 e. The molecule has 0 saturated heterocycles. The van der Waals surface area contributed by atoms with Crippen molar-refractivity contribution < 1.29 is 23.5 Å². The summed E-state index contributed by atoms with van der Waals surface area (Å²) in [6, 6.07) is 10.6. The van der Waals surface area contributed by atoms with Crippen molar-refractivity contribution in [3.8, 4) is 11.5 Å². The maximum absolute atomic E-state index is 13.2. The van der Waals surface area contributed by atoms with Gasteiger partial charge in [0.1, 0.15) is 17.3 Å². The minimum Gasteiger partial charge on any atom is -0.452 e. The lowest BCUT2D eigenvalue weighted by Gasteiger charge is -2.04. The molecule has 1 saturated carbocycles. The number of carbonyl (C=O) groups excluding carboxylic acids is 2. The second-order valence-corrected chi connectivity index (χ2v) is 5.85. The highest BCUT2D eigenvalue weighted by Crippen LogP contribution is 2.36. The zero-order valence-electron chi connectivity index (χ0n) is 12.6. The van der Waals surface area contributed by atoms with Crippen molar-refractivity contribution in [2.24, 2.45) is 5.92 Å². The molecule has 1 fully saturated rings. The molecule has 0 atom stereocenters. The molecule has 4 nitrogen and oxygen atoms in total. The van der Waals surface area contributed by atoms with Gasteiger partial charge in [0, 0.05) is 6.07 Å². The number of hydrogen-bond acceptors (Lipinski definition) is 4. The second-order valence-electron chi connectivity index (χ2n) is 5.85. The van der Waals surface area contributed by atoms with Crippen molar-refractivity contribution >= 4 is 17.8 Å². The van der Waals surface area contributed by atoms with E-state index in [1.54, 1.807) is 24.3 Å². The van der Waals surface area contributed by atoms with E-state index in [2.05, 4.69) is 0 Å². The summed E-state index contributed by atoms with van der Waals surface area (Å²) in [5.74, 6) is -0.134. The fraction of sp³-hybridized carbons (Fsp3) is 0.158. The maximum Gasteiger partial charge on any atom is 0.314 e. The number of Topliss-reactive ketones (excluding diaryl/α,β-unsaturated/α-hetero) is 1. The van der Waals surface area contributed by atoms with E-state index in [0.717, 1.165) is 12.8 Å². The van der Waals surface area contributed by atoms with Crippen LogP contribution in [0.5, 0.6) is 11.5 Å². The third kappa shape index (κ3) is 2.80. The van der Waals surface area contributed by atoms with Crippen molar-refractivity contribution in [1.29, 1.82) is 0 Å². The van der Waals surface area contributed by atoms with Crippen LogP contribution in [0.4, 0.5) is 4.39 Å². The molecule has 24 heavy (non-hydrogen) atoms. The van der Waals surface area contributed by atoms with Gasteiger partial charge in [-0.3, -0.25) is 9.59 Å². The Labute approximate surface area is 137 Å². The van der Waals surface area contributed by atoms with Gasteiger partial charge in [0.05, 0.1) is 11.5 Å². The van der Waals surface area contributed by atoms with Crippen LogP contribution in [0, 0.1) is 11.7 Å². The summed E-state index contributed by atoms with van der Waals surface area (Å²) in [6.07, 6.45) is 3.21. The predicted molar refractivity (Wildman–Crippen MR) is 84.1 cm³/mol. The molecule has 0 bridgehead atoms. The van der Waals surface area contributed by atoms with Gasteiger partial charge in [-0.1, -0.05) is 12.1 Å². The van der Waals surface area contributed by atoms with Gasteiger partial charge in [0.2, 0.25) is 5.78 Å². The molecule has 0 spiro atoms. The highest BCUT2D eigenvalue weighted by molar-refractivity contribution is 6.14. The quantitative estimate of drug-likeness (QED) is 0.490. The largest absolute Gasteiger partial charge is 0.452 e. The number of esters is 1. The van der Waals surface area contributed by atoms with E-state index >= 15 is 0 Å². The van der Waals surface area contributed by atoms with Crippen LogP contribution in [-0.4, -0.2) is 11.8 Å². The zero-order chi connectivity index (χ0) is 16.7. The lowest BCUT2D eigenvalue weighted by molar-refractivity contribution is -0.135. The molecule has 2 aromatic carbocycles. The number of ether oxygens (including phenoxy) is 2. The molecule has 120 valence electrons. The normalized spacial score (nSPS) is 17.5. The fourth-order valence-electron chi connectivity index (χ4n) is 2.50. The Hall–Kier alpha value is -2.95. The molecular formula is C19H13FO4. The third-order valence-corrected chi connectivity index (χ3v) is 3.92. The molecular weight excluding hydrogens is 311 g/mol. The van der Waals surface area contributed by atoms with Gasteiger partial charge in [0.15, 0.2) is 5.76 Å². The highest BCUT2D eigenvalue weighted by atomic mass is 19.1. The number of rotatable bonds is 3. The Bertz CT molecular complexity index is 881. The van der Waals surface area contributed by atoms with Crippen LogP contribution in [0.15, 0.2) is 48.2 Å². The summed E-state index contributed by atoms with van der Waals surface area (Å²) in [4.78, 5) is 24.0. The first-order valence-electron chi connectivity index (χ1n) is 7.66. The first-order chi connectivity index (χ1) is 11.6. The van der Waals surface area contributed by atoms with Crippen LogP contribution in [0.2, 0.25) is 0 Å². The topological polar surface area (TPSA) is 52.6 Å². The van der Waals surface area contributed by atoms with Crippen LogP contribution in [0.3, 0.4) is 0 Å². The van der Waals surface area contributed by atoms with Gasteiger partial charge < -0.3 is 9.47 Å². The number of carbonyl (C=O) groups is 2. The van der Waals surface area contributed by atoms with Crippen molar-refractivity contribution in [2.45, 2.75) is 12.8 Å². The lowest BCUT2D eigenvalue weighted by atomic mass is 10.1. The molecule has 0 amide bonds. The van der Waals surface area contributed by atoms with E-state index in [-0.39, 0.29) is 29.2 Å². The Balaban J connectivity index is 1.58. The summed E-state index contributed by atoms with van der Waals surface area (Å²) in [5.41, 5.74) is 0.926. The summed E-state index contributed by atoms with van der Waals surface area (Å²) >= 11 is 0. The van der Waals surface area contributed by atoms with E-state index in [4.69, 9.17) is 9.47 Å². The molecule has 1 aliphatic carbocycles. The van der Waals surface area contributed by atoms with Gasteiger partial charge >= 0.3 is 5.97 Å². The number of allylic oxidation sites excluding steroid dienone is 1. The van der Waals surface area contributed by atoms with Gasteiger partial charge in [-0.05, 0) is 48.7 Å². The number of benzene rings is 2. The summed E-state index contributed by atoms with van der Waals surface area (Å²) in [6.45, 7) is 0. The molecule has 1 heterocycles. The predicted octanol–water partition coefficient (Wildman–Crippen LogP) is 3.76. The summed E-state index contributed by atoms with van der Waals surface area (Å²) in [7, 11) is 0. The Morgan fingerprint density at radius 2 is 2.04 bits per heavy atom. The maximum atomic E-state index is 13.2. The van der Waals surface area contributed by atoms with Crippen molar-refractivity contribution in [2.75, 3.05) is 0 Å². The molecule has 0 N–H and O–H groups in total. The zero-order valence-corrected chi connectivity index (χ0v) is 12.6. The molecule has 2 aliphatic rings. The standard InChI is InChI=1S/C19H13FO4/c20-13-3-1-2-11(8-13)9-17-18(21)15-7-6-14(10-16(15)24-17)23-19(22)12-4-5-12/h1-3,6-10,12H,4-5H2/b17-9+. The van der Waals surface area contributed by atoms with Gasteiger partial charge in [-0.15, -0.1) is 0 Å². The highest BCUT2D eigenvalue weighted by Gasteiger charge is 2.32. The first kappa shape index (κ1) is 14.6. The lowest BCUT2D eigenvalue weighted by Crippen LogP contribution is -2.09. The van der Waals surface area contributed by atoms with E-state index in [1.165, 1.54) is 24.3 Å². The van der Waals surface area contributed by atoms with Crippen LogP contribution in [0.25, 0.3) is 6.08 Å². The molecule has 0 aromatic heterocycles. The summed E-state index contributed by atoms with van der Waals surface area (Å²) < 4.78 is 24.1. The molecule has 4 rings (SSSR count). The van der Waals surface area contributed by atoms with E-state index in [1.807, 2.05) is 0 Å². The van der Waals surface area contributed by atoms with Crippen LogP contribution in [0.1, 0.15) is 28.8 Å². The first-order valence-corrected chi connectivity index (χ1v) is 7.66. The van der Waals surface area contributed by atoms with Crippen LogP contribution >= 0.6 is 0 Å². The van der Waals surface area contributed by atoms with Crippen molar-refractivity contribution in [1.82, 2.24) is 0 Å². The molecule has 5 heteroatoms. The van der Waals surface area contributed by atoms with Crippen LogP contribution in [-0.2, 0) is 4.79 Å². The SMILES string of the molecule is O=C1/C(=C\c2cccc(F)c2)Oc2cc(OC(=O)C3CC3)ccc21.